The van der Waals surface area contributed by atoms with E-state index in [1.165, 1.54) is 30.3 Å². The average molecular weight is 541 g/mol. The number of nitrogens with one attached hydrogen (secondary N) is 1. The lowest BCUT2D eigenvalue weighted by Crippen LogP contribution is -2.38. The summed E-state index contributed by atoms with van der Waals surface area (Å²) in [5.74, 6) is 0.429. The molecule has 1 N–H and O–H groups in total. The van der Waals surface area contributed by atoms with Crippen molar-refractivity contribution < 1.29 is 17.9 Å². The molecule has 0 fully saturated rings. The van der Waals surface area contributed by atoms with Crippen molar-refractivity contribution in [1.29, 1.82) is 0 Å². The van der Waals surface area contributed by atoms with Crippen LogP contribution in [0.1, 0.15) is 5.56 Å². The molecule has 0 bridgehead atoms. The highest BCUT2D eigenvalue weighted by Gasteiger charge is 2.28. The Morgan fingerprint density at radius 2 is 1.47 bits per heavy atom. The van der Waals surface area contributed by atoms with Gasteiger partial charge in [-0.1, -0.05) is 71.2 Å². The number of aryl methyl sites for hydroxylation is 1. The van der Waals surface area contributed by atoms with Crippen molar-refractivity contribution in [3.63, 3.8) is 0 Å². The van der Waals surface area contributed by atoms with E-state index in [2.05, 4.69) is 5.32 Å². The van der Waals surface area contributed by atoms with Crippen LogP contribution in [-0.2, 0) is 14.8 Å². The first-order valence-electron chi connectivity index (χ1n) is 10.9. The van der Waals surface area contributed by atoms with Gasteiger partial charge in [-0.15, -0.1) is 0 Å². The minimum atomic E-state index is -4.13. The van der Waals surface area contributed by atoms with Gasteiger partial charge in [-0.2, -0.15) is 0 Å². The number of para-hydroxylation sites is 3. The molecular formula is C27H22Cl2N2O4S. The molecule has 0 aliphatic heterocycles. The zero-order valence-corrected chi connectivity index (χ0v) is 21.5. The number of rotatable bonds is 8. The summed E-state index contributed by atoms with van der Waals surface area (Å²) in [6.07, 6.45) is 0. The van der Waals surface area contributed by atoms with Gasteiger partial charge in [-0.05, 0) is 61.5 Å². The highest BCUT2D eigenvalue weighted by molar-refractivity contribution is 7.92. The van der Waals surface area contributed by atoms with Crippen molar-refractivity contribution in [2.24, 2.45) is 0 Å². The number of benzene rings is 4. The quantitative estimate of drug-likeness (QED) is 0.263. The summed E-state index contributed by atoms with van der Waals surface area (Å²) in [5, 5.41) is 3.24. The predicted octanol–water partition coefficient (Wildman–Crippen LogP) is 6.93. The molecular weight excluding hydrogens is 519 g/mol. The molecule has 0 radical (unpaired) electrons. The van der Waals surface area contributed by atoms with Gasteiger partial charge in [0.25, 0.3) is 10.0 Å². The zero-order chi connectivity index (χ0) is 25.7. The Labute approximate surface area is 220 Å². The Morgan fingerprint density at radius 3 is 2.14 bits per heavy atom. The summed E-state index contributed by atoms with van der Waals surface area (Å²) < 4.78 is 34.1. The van der Waals surface area contributed by atoms with Crippen molar-refractivity contribution in [3.05, 3.63) is 113 Å². The molecule has 0 heterocycles. The molecule has 4 aromatic rings. The molecule has 4 aromatic carbocycles. The Balaban J connectivity index is 1.65. The van der Waals surface area contributed by atoms with Crippen molar-refractivity contribution in [3.8, 4) is 11.5 Å². The van der Waals surface area contributed by atoms with E-state index in [0.717, 1.165) is 9.87 Å². The lowest BCUT2D eigenvalue weighted by Gasteiger charge is -2.25. The fourth-order valence-electron chi connectivity index (χ4n) is 3.43. The number of amides is 1. The van der Waals surface area contributed by atoms with Crippen LogP contribution in [0.25, 0.3) is 0 Å². The van der Waals surface area contributed by atoms with E-state index in [4.69, 9.17) is 27.9 Å². The minimum Gasteiger partial charge on any atom is -0.455 e. The third-order valence-corrected chi connectivity index (χ3v) is 7.39. The van der Waals surface area contributed by atoms with Crippen molar-refractivity contribution in [2.75, 3.05) is 16.2 Å². The average Bonchev–Trinajstić information content (AvgIpc) is 2.84. The Bertz CT molecular complexity index is 1460. The molecule has 36 heavy (non-hydrogen) atoms. The summed E-state index contributed by atoms with van der Waals surface area (Å²) in [4.78, 5) is 13.2. The van der Waals surface area contributed by atoms with Crippen LogP contribution in [0.5, 0.6) is 11.5 Å². The van der Waals surface area contributed by atoms with Gasteiger partial charge in [0, 0.05) is 10.0 Å². The molecule has 0 saturated carbocycles. The second kappa shape index (κ2) is 11.0. The van der Waals surface area contributed by atoms with Crippen LogP contribution in [0, 0.1) is 6.92 Å². The normalized spacial score (nSPS) is 11.1. The van der Waals surface area contributed by atoms with Gasteiger partial charge in [0.1, 0.15) is 12.3 Å². The van der Waals surface area contributed by atoms with Gasteiger partial charge in [0.15, 0.2) is 5.75 Å². The summed E-state index contributed by atoms with van der Waals surface area (Å²) in [6, 6.07) is 26.7. The van der Waals surface area contributed by atoms with E-state index >= 15 is 0 Å². The lowest BCUT2D eigenvalue weighted by atomic mass is 10.2. The van der Waals surface area contributed by atoms with Gasteiger partial charge in [0.05, 0.1) is 16.3 Å². The van der Waals surface area contributed by atoms with Gasteiger partial charge < -0.3 is 10.1 Å². The molecule has 0 unspecified atom stereocenters. The van der Waals surface area contributed by atoms with Crippen LogP contribution >= 0.6 is 23.2 Å². The molecule has 4 rings (SSSR count). The molecule has 0 saturated heterocycles. The molecule has 0 spiro atoms. The maximum Gasteiger partial charge on any atom is 0.264 e. The first kappa shape index (κ1) is 25.6. The Kier molecular flexibility index (Phi) is 7.84. The maximum absolute atomic E-state index is 13.6. The number of hydrogen-bond acceptors (Lipinski definition) is 4. The molecule has 0 aliphatic carbocycles. The number of nitrogens with zero attached hydrogens (tertiary/aromatic N) is 1. The van der Waals surface area contributed by atoms with Crippen LogP contribution in [0.4, 0.5) is 11.4 Å². The molecule has 0 aliphatic rings. The zero-order valence-electron chi connectivity index (χ0n) is 19.2. The van der Waals surface area contributed by atoms with E-state index in [1.807, 2.05) is 25.1 Å². The first-order valence-corrected chi connectivity index (χ1v) is 13.1. The second-order valence-corrected chi connectivity index (χ2v) is 10.6. The van der Waals surface area contributed by atoms with Gasteiger partial charge >= 0.3 is 0 Å². The third-order valence-electron chi connectivity index (χ3n) is 5.16. The topological polar surface area (TPSA) is 75.7 Å². The highest BCUT2D eigenvalue weighted by Crippen LogP contribution is 2.31. The lowest BCUT2D eigenvalue weighted by molar-refractivity contribution is -0.114. The number of hydrogen-bond donors (Lipinski definition) is 1. The largest absolute Gasteiger partial charge is 0.455 e. The maximum atomic E-state index is 13.6. The molecule has 0 aromatic heterocycles. The molecule has 9 heteroatoms. The smallest absolute Gasteiger partial charge is 0.264 e. The van der Waals surface area contributed by atoms with Crippen LogP contribution < -0.4 is 14.4 Å². The summed E-state index contributed by atoms with van der Waals surface area (Å²) in [6.45, 7) is 1.33. The van der Waals surface area contributed by atoms with E-state index in [1.54, 1.807) is 48.5 Å². The molecule has 184 valence electrons. The van der Waals surface area contributed by atoms with Crippen LogP contribution in [0.15, 0.2) is 102 Å². The summed E-state index contributed by atoms with van der Waals surface area (Å²) in [5.41, 5.74) is 1.46. The Hall–Kier alpha value is -3.52. The monoisotopic (exact) mass is 540 g/mol. The van der Waals surface area contributed by atoms with Crippen LogP contribution in [0.3, 0.4) is 0 Å². The third kappa shape index (κ3) is 6.18. The van der Waals surface area contributed by atoms with Gasteiger partial charge in [-0.3, -0.25) is 9.10 Å². The van der Waals surface area contributed by atoms with Crippen molar-refractivity contribution in [2.45, 2.75) is 11.8 Å². The fourth-order valence-corrected chi connectivity index (χ4v) is 5.35. The Morgan fingerprint density at radius 1 is 0.861 bits per heavy atom. The predicted molar refractivity (Wildman–Crippen MR) is 144 cm³/mol. The number of carbonyl (C=O) groups excluding carboxylic acids is 1. The summed E-state index contributed by atoms with van der Waals surface area (Å²) >= 11 is 12.3. The van der Waals surface area contributed by atoms with Gasteiger partial charge in [0.2, 0.25) is 5.91 Å². The van der Waals surface area contributed by atoms with E-state index in [0.29, 0.717) is 17.2 Å². The van der Waals surface area contributed by atoms with Crippen LogP contribution in [-0.4, -0.2) is 20.9 Å². The second-order valence-electron chi connectivity index (χ2n) is 7.91. The minimum absolute atomic E-state index is 0.0322. The molecule has 6 nitrogen and oxygen atoms in total. The fraction of sp³-hybridized carbons (Fsp3) is 0.0741. The van der Waals surface area contributed by atoms with Gasteiger partial charge in [-0.25, -0.2) is 8.42 Å². The standard InChI is InChI=1S/C27H22Cl2N2O4S/c1-19-11-13-24(14-12-19)36(33,34)31(22-16-20(28)15-21(29)17-22)18-27(32)30-25-9-5-6-10-26(25)35-23-7-3-2-4-8-23/h2-17H,18H2,1H3,(H,30,32). The summed E-state index contributed by atoms with van der Waals surface area (Å²) in [7, 11) is -4.13. The molecule has 1 amide bonds. The number of ether oxygens (including phenoxy) is 1. The molecule has 0 atom stereocenters. The number of anilines is 2. The van der Waals surface area contributed by atoms with Crippen LogP contribution in [0.2, 0.25) is 10.0 Å². The van der Waals surface area contributed by atoms with E-state index < -0.39 is 22.5 Å². The first-order chi connectivity index (χ1) is 17.2. The highest BCUT2D eigenvalue weighted by atomic mass is 35.5. The van der Waals surface area contributed by atoms with Crippen molar-refractivity contribution in [1.82, 2.24) is 0 Å². The SMILES string of the molecule is Cc1ccc(S(=O)(=O)N(CC(=O)Nc2ccccc2Oc2ccccc2)c2cc(Cl)cc(Cl)c2)cc1. The number of halogens is 2. The number of sulfonamides is 1. The number of carbonyl (C=O) groups is 1. The van der Waals surface area contributed by atoms with E-state index in [9.17, 15) is 13.2 Å². The van der Waals surface area contributed by atoms with Crippen molar-refractivity contribution >= 4 is 50.5 Å². The van der Waals surface area contributed by atoms with E-state index in [-0.39, 0.29) is 20.6 Å².